The fourth-order valence-corrected chi connectivity index (χ4v) is 2.30. The van der Waals surface area contributed by atoms with E-state index in [1.54, 1.807) is 22.6 Å². The molecule has 0 aliphatic heterocycles. The third kappa shape index (κ3) is 2.13. The minimum Gasteiger partial charge on any atom is -0.297 e. The van der Waals surface area contributed by atoms with Crippen molar-refractivity contribution in [2.24, 2.45) is 7.05 Å². The van der Waals surface area contributed by atoms with Crippen molar-refractivity contribution in [3.05, 3.63) is 22.4 Å². The zero-order valence-electron chi connectivity index (χ0n) is 9.98. The summed E-state index contributed by atoms with van der Waals surface area (Å²) >= 11 is 3.32. The monoisotopic (exact) mass is 298 g/mol. The van der Waals surface area contributed by atoms with Crippen LogP contribution in [-0.2, 0) is 20.0 Å². The van der Waals surface area contributed by atoms with Crippen LogP contribution in [0.1, 0.15) is 19.0 Å². The van der Waals surface area contributed by atoms with E-state index in [1.807, 2.05) is 0 Å². The zero-order chi connectivity index (χ0) is 12.4. The Morgan fingerprint density at radius 3 is 2.88 bits per heavy atom. The van der Waals surface area contributed by atoms with E-state index in [-0.39, 0.29) is 5.56 Å². The molecule has 0 N–H and O–H groups in total. The second-order valence-corrected chi connectivity index (χ2v) is 4.74. The zero-order valence-corrected chi connectivity index (χ0v) is 11.6. The molecule has 0 atom stereocenters. The van der Waals surface area contributed by atoms with E-state index in [0.717, 1.165) is 29.4 Å². The number of hydrogen-bond donors (Lipinski definition) is 0. The molecule has 2 aromatic heterocycles. The first-order chi connectivity index (χ1) is 8.19. The molecule has 2 rings (SSSR count). The summed E-state index contributed by atoms with van der Waals surface area (Å²) in [6.45, 7) is 2.71. The van der Waals surface area contributed by atoms with Crippen LogP contribution in [0, 0.1) is 0 Å². The van der Waals surface area contributed by atoms with E-state index in [2.05, 4.69) is 32.9 Å². The van der Waals surface area contributed by atoms with Gasteiger partial charge >= 0.3 is 0 Å². The number of rotatable bonds is 4. The summed E-state index contributed by atoms with van der Waals surface area (Å²) in [5, 5.41) is 5.11. The number of aryl methyl sites for hydroxylation is 3. The predicted octanol–water partition coefficient (Wildman–Crippen LogP) is 1.48. The van der Waals surface area contributed by atoms with Crippen LogP contribution in [0.25, 0.3) is 11.0 Å². The summed E-state index contributed by atoms with van der Waals surface area (Å²) in [5.74, 6) is 0. The molecule has 0 spiro atoms. The Morgan fingerprint density at radius 1 is 1.47 bits per heavy atom. The summed E-state index contributed by atoms with van der Waals surface area (Å²) in [6.07, 6.45) is 3.46. The van der Waals surface area contributed by atoms with E-state index in [4.69, 9.17) is 0 Å². The van der Waals surface area contributed by atoms with Gasteiger partial charge in [0.25, 0.3) is 5.56 Å². The van der Waals surface area contributed by atoms with Gasteiger partial charge in [-0.05, 0) is 6.42 Å². The minimum atomic E-state index is -0.0215. The van der Waals surface area contributed by atoms with Crippen LogP contribution in [0.2, 0.25) is 0 Å². The molecular weight excluding hydrogens is 284 g/mol. The second-order valence-electron chi connectivity index (χ2n) is 3.95. The number of alkyl halides is 1. The number of hydrogen-bond acceptors (Lipinski definition) is 3. The van der Waals surface area contributed by atoms with Gasteiger partial charge in [0.1, 0.15) is 5.52 Å². The standard InChI is InChI=1S/C11H15BrN4O/c1-3-4-8-9-10(15(2)14-8)11(17)16(6-5-12)7-13-9/h7H,3-6H2,1-2H3. The first-order valence-electron chi connectivity index (χ1n) is 5.66. The van der Waals surface area contributed by atoms with Gasteiger partial charge in [0.15, 0.2) is 5.52 Å². The first-order valence-corrected chi connectivity index (χ1v) is 6.78. The molecule has 0 bridgehead atoms. The molecule has 0 fully saturated rings. The van der Waals surface area contributed by atoms with Crippen LogP contribution >= 0.6 is 15.9 Å². The SMILES string of the molecule is CCCc1nn(C)c2c(=O)n(CCBr)cnc12. The molecule has 0 aliphatic rings. The van der Waals surface area contributed by atoms with E-state index in [0.29, 0.717) is 12.1 Å². The molecule has 2 aromatic rings. The van der Waals surface area contributed by atoms with Gasteiger partial charge in [-0.15, -0.1) is 0 Å². The van der Waals surface area contributed by atoms with Gasteiger partial charge in [-0.2, -0.15) is 5.10 Å². The fraction of sp³-hybridized carbons (Fsp3) is 0.545. The van der Waals surface area contributed by atoms with Gasteiger partial charge < -0.3 is 0 Å². The summed E-state index contributed by atoms with van der Waals surface area (Å²) in [4.78, 5) is 16.6. The lowest BCUT2D eigenvalue weighted by atomic mass is 10.2. The second kappa shape index (κ2) is 5.00. The molecule has 0 saturated carbocycles. The van der Waals surface area contributed by atoms with Gasteiger partial charge in [0.2, 0.25) is 0 Å². The topological polar surface area (TPSA) is 52.7 Å². The molecule has 6 heteroatoms. The maximum atomic E-state index is 12.2. The maximum absolute atomic E-state index is 12.2. The Labute approximate surface area is 108 Å². The molecule has 0 aromatic carbocycles. The van der Waals surface area contributed by atoms with Gasteiger partial charge in [-0.3, -0.25) is 14.0 Å². The number of aromatic nitrogens is 4. The fourth-order valence-electron chi connectivity index (χ4n) is 1.92. The van der Waals surface area contributed by atoms with E-state index in [9.17, 15) is 4.79 Å². The summed E-state index contributed by atoms with van der Waals surface area (Å²) in [5.41, 5.74) is 2.22. The average Bonchev–Trinajstić information content (AvgIpc) is 2.61. The molecule has 0 radical (unpaired) electrons. The van der Waals surface area contributed by atoms with Crippen LogP contribution in [0.5, 0.6) is 0 Å². The molecule has 17 heavy (non-hydrogen) atoms. The number of halogens is 1. The Kier molecular flexibility index (Phi) is 3.61. The highest BCUT2D eigenvalue weighted by Crippen LogP contribution is 2.12. The molecule has 0 amide bonds. The highest BCUT2D eigenvalue weighted by molar-refractivity contribution is 9.09. The largest absolute Gasteiger partial charge is 0.297 e. The third-order valence-corrected chi connectivity index (χ3v) is 3.05. The van der Waals surface area contributed by atoms with Gasteiger partial charge in [0.05, 0.1) is 12.0 Å². The van der Waals surface area contributed by atoms with E-state index in [1.165, 1.54) is 0 Å². The summed E-state index contributed by atoms with van der Waals surface area (Å²) < 4.78 is 3.24. The Hall–Kier alpha value is -1.17. The normalized spacial score (nSPS) is 11.2. The van der Waals surface area contributed by atoms with Crippen molar-refractivity contribution in [1.82, 2.24) is 19.3 Å². The quantitative estimate of drug-likeness (QED) is 0.804. The summed E-state index contributed by atoms with van der Waals surface area (Å²) in [7, 11) is 1.79. The summed E-state index contributed by atoms with van der Waals surface area (Å²) in [6, 6.07) is 0. The van der Waals surface area contributed by atoms with Crippen molar-refractivity contribution in [3.8, 4) is 0 Å². The smallest absolute Gasteiger partial charge is 0.279 e. The molecule has 92 valence electrons. The maximum Gasteiger partial charge on any atom is 0.279 e. The van der Waals surface area contributed by atoms with Crippen molar-refractivity contribution in [2.45, 2.75) is 26.3 Å². The van der Waals surface area contributed by atoms with Crippen LogP contribution in [0.3, 0.4) is 0 Å². The molecule has 0 saturated heterocycles. The van der Waals surface area contributed by atoms with Crippen LogP contribution in [0.4, 0.5) is 0 Å². The molecule has 0 aliphatic carbocycles. The lowest BCUT2D eigenvalue weighted by Gasteiger charge is -2.02. The Bertz CT molecular complexity index is 587. The Morgan fingerprint density at radius 2 is 2.24 bits per heavy atom. The number of nitrogens with zero attached hydrogens (tertiary/aromatic N) is 4. The predicted molar refractivity (Wildman–Crippen MR) is 70.6 cm³/mol. The molecular formula is C11H15BrN4O. The average molecular weight is 299 g/mol. The van der Waals surface area contributed by atoms with Crippen LogP contribution < -0.4 is 5.56 Å². The number of fused-ring (bicyclic) bond motifs is 1. The highest BCUT2D eigenvalue weighted by Gasteiger charge is 2.13. The Balaban J connectivity index is 2.65. The van der Waals surface area contributed by atoms with E-state index < -0.39 is 0 Å². The van der Waals surface area contributed by atoms with Gasteiger partial charge in [-0.25, -0.2) is 4.98 Å². The van der Waals surface area contributed by atoms with Crippen molar-refractivity contribution in [2.75, 3.05) is 5.33 Å². The van der Waals surface area contributed by atoms with Gasteiger partial charge in [0, 0.05) is 18.9 Å². The molecule has 2 heterocycles. The van der Waals surface area contributed by atoms with E-state index >= 15 is 0 Å². The highest BCUT2D eigenvalue weighted by atomic mass is 79.9. The van der Waals surface area contributed by atoms with Crippen LogP contribution in [0.15, 0.2) is 11.1 Å². The molecule has 0 unspecified atom stereocenters. The minimum absolute atomic E-state index is 0.0215. The van der Waals surface area contributed by atoms with Crippen molar-refractivity contribution >= 4 is 27.0 Å². The van der Waals surface area contributed by atoms with Crippen molar-refractivity contribution < 1.29 is 0 Å². The van der Waals surface area contributed by atoms with Crippen molar-refractivity contribution in [1.29, 1.82) is 0 Å². The van der Waals surface area contributed by atoms with Crippen LogP contribution in [-0.4, -0.2) is 24.7 Å². The van der Waals surface area contributed by atoms with Gasteiger partial charge in [-0.1, -0.05) is 29.3 Å². The lowest BCUT2D eigenvalue weighted by Crippen LogP contribution is -2.22. The molecule has 5 nitrogen and oxygen atoms in total. The first kappa shape index (κ1) is 12.3. The van der Waals surface area contributed by atoms with Crippen molar-refractivity contribution in [3.63, 3.8) is 0 Å². The lowest BCUT2D eigenvalue weighted by molar-refractivity contribution is 0.711. The third-order valence-electron chi connectivity index (χ3n) is 2.69.